The van der Waals surface area contributed by atoms with E-state index < -0.39 is 0 Å². The first-order valence-corrected chi connectivity index (χ1v) is 6.69. The van der Waals surface area contributed by atoms with Crippen LogP contribution in [0.1, 0.15) is 22.5 Å². The van der Waals surface area contributed by atoms with Crippen LogP contribution in [-0.2, 0) is 11.3 Å². The molecule has 1 aromatic heterocycles. The van der Waals surface area contributed by atoms with Crippen LogP contribution in [0.25, 0.3) is 11.3 Å². The van der Waals surface area contributed by atoms with E-state index in [1.54, 1.807) is 7.11 Å². The summed E-state index contributed by atoms with van der Waals surface area (Å²) in [5.41, 5.74) is 9.05. The number of nitrogens with zero attached hydrogens (tertiary/aromatic N) is 1. The highest BCUT2D eigenvalue weighted by atomic mass is 16.5. The van der Waals surface area contributed by atoms with Crippen LogP contribution in [0.15, 0.2) is 36.4 Å². The van der Waals surface area contributed by atoms with Crippen LogP contribution in [0.3, 0.4) is 0 Å². The van der Waals surface area contributed by atoms with Gasteiger partial charge in [0.15, 0.2) is 0 Å². The Balaban J connectivity index is 2.43. The predicted octanol–water partition coefficient (Wildman–Crippen LogP) is 2.60. The van der Waals surface area contributed by atoms with Crippen molar-refractivity contribution in [1.29, 1.82) is 0 Å². The van der Waals surface area contributed by atoms with Gasteiger partial charge in [0.2, 0.25) is 0 Å². The van der Waals surface area contributed by atoms with Gasteiger partial charge in [-0.05, 0) is 25.0 Å². The Morgan fingerprint density at radius 2 is 2.00 bits per heavy atom. The summed E-state index contributed by atoms with van der Waals surface area (Å²) in [7, 11) is 1.69. The zero-order valence-corrected chi connectivity index (χ0v) is 11.9. The third-order valence-electron chi connectivity index (χ3n) is 3.43. The molecule has 0 bridgehead atoms. The maximum Gasteiger partial charge on any atom is 0.250 e. The highest BCUT2D eigenvalue weighted by Crippen LogP contribution is 2.26. The predicted molar refractivity (Wildman–Crippen MR) is 79.6 cm³/mol. The topological polar surface area (TPSA) is 57.2 Å². The molecule has 4 nitrogen and oxygen atoms in total. The lowest BCUT2D eigenvalue weighted by molar-refractivity contribution is 0.0999. The summed E-state index contributed by atoms with van der Waals surface area (Å²) in [5.74, 6) is -0.384. The average molecular weight is 272 g/mol. The quantitative estimate of drug-likeness (QED) is 0.822. The average Bonchev–Trinajstić information content (AvgIpc) is 2.78. The summed E-state index contributed by atoms with van der Waals surface area (Å²) in [4.78, 5) is 11.5. The zero-order chi connectivity index (χ0) is 14.5. The summed E-state index contributed by atoms with van der Waals surface area (Å²) >= 11 is 0. The highest BCUT2D eigenvalue weighted by molar-refractivity contribution is 5.95. The molecular formula is C16H20N2O2. The molecule has 0 aliphatic rings. The van der Waals surface area contributed by atoms with E-state index in [-0.39, 0.29) is 5.91 Å². The normalized spacial score (nSPS) is 10.7. The Hall–Kier alpha value is -2.07. The Labute approximate surface area is 119 Å². The summed E-state index contributed by atoms with van der Waals surface area (Å²) in [6.07, 6.45) is 0.893. The third-order valence-corrected chi connectivity index (χ3v) is 3.43. The minimum absolute atomic E-state index is 0.384. The van der Waals surface area contributed by atoms with Gasteiger partial charge in [0.1, 0.15) is 0 Å². The van der Waals surface area contributed by atoms with Crippen molar-refractivity contribution in [2.45, 2.75) is 19.9 Å². The number of benzene rings is 1. The van der Waals surface area contributed by atoms with Gasteiger partial charge < -0.3 is 15.0 Å². The van der Waals surface area contributed by atoms with Gasteiger partial charge in [0.25, 0.3) is 5.91 Å². The van der Waals surface area contributed by atoms with E-state index >= 15 is 0 Å². The minimum atomic E-state index is -0.384. The Morgan fingerprint density at radius 3 is 2.60 bits per heavy atom. The van der Waals surface area contributed by atoms with Crippen molar-refractivity contribution >= 4 is 5.91 Å². The fourth-order valence-electron chi connectivity index (χ4n) is 2.40. The van der Waals surface area contributed by atoms with Gasteiger partial charge in [0.05, 0.1) is 5.56 Å². The van der Waals surface area contributed by atoms with Crippen LogP contribution in [-0.4, -0.2) is 24.2 Å². The first-order valence-electron chi connectivity index (χ1n) is 6.69. The number of hydrogen-bond donors (Lipinski definition) is 1. The van der Waals surface area contributed by atoms with Crippen LogP contribution in [0.5, 0.6) is 0 Å². The second kappa shape index (κ2) is 6.39. The first-order chi connectivity index (χ1) is 9.65. The van der Waals surface area contributed by atoms with E-state index in [0.717, 1.165) is 29.9 Å². The van der Waals surface area contributed by atoms with Gasteiger partial charge in [0, 0.05) is 31.6 Å². The molecule has 2 rings (SSSR count). The van der Waals surface area contributed by atoms with Crippen molar-refractivity contribution in [3.05, 3.63) is 47.7 Å². The van der Waals surface area contributed by atoms with Crippen molar-refractivity contribution in [3.8, 4) is 11.3 Å². The van der Waals surface area contributed by atoms with Crippen LogP contribution < -0.4 is 5.73 Å². The molecule has 0 saturated heterocycles. The molecule has 2 aromatic rings. The summed E-state index contributed by atoms with van der Waals surface area (Å²) < 4.78 is 7.23. The Morgan fingerprint density at radius 1 is 1.30 bits per heavy atom. The van der Waals surface area contributed by atoms with E-state index in [2.05, 4.69) is 4.57 Å². The van der Waals surface area contributed by atoms with Gasteiger partial charge in [-0.1, -0.05) is 30.3 Å². The number of carbonyl (C=O) groups excluding carboxylic acids is 1. The van der Waals surface area contributed by atoms with Crippen molar-refractivity contribution in [1.82, 2.24) is 4.57 Å². The molecule has 0 atom stereocenters. The van der Waals surface area contributed by atoms with E-state index in [9.17, 15) is 4.79 Å². The molecular weight excluding hydrogens is 252 g/mol. The summed E-state index contributed by atoms with van der Waals surface area (Å²) in [6.45, 7) is 3.42. The number of amides is 1. The second-order valence-corrected chi connectivity index (χ2v) is 4.76. The molecule has 1 amide bonds. The smallest absolute Gasteiger partial charge is 0.250 e. The molecule has 0 radical (unpaired) electrons. The lowest BCUT2D eigenvalue weighted by Gasteiger charge is -2.11. The second-order valence-electron chi connectivity index (χ2n) is 4.76. The van der Waals surface area contributed by atoms with Crippen LogP contribution in [0.4, 0.5) is 0 Å². The molecule has 0 spiro atoms. The van der Waals surface area contributed by atoms with Crippen LogP contribution >= 0.6 is 0 Å². The summed E-state index contributed by atoms with van der Waals surface area (Å²) in [5, 5.41) is 0. The summed E-state index contributed by atoms with van der Waals surface area (Å²) in [6, 6.07) is 11.9. The highest BCUT2D eigenvalue weighted by Gasteiger charge is 2.16. The largest absolute Gasteiger partial charge is 0.385 e. The van der Waals surface area contributed by atoms with Crippen molar-refractivity contribution in [3.63, 3.8) is 0 Å². The number of hydrogen-bond acceptors (Lipinski definition) is 2. The first kappa shape index (κ1) is 14.3. The number of ether oxygens (including phenoxy) is 1. The van der Waals surface area contributed by atoms with Gasteiger partial charge >= 0.3 is 0 Å². The monoisotopic (exact) mass is 272 g/mol. The maximum absolute atomic E-state index is 11.5. The van der Waals surface area contributed by atoms with Gasteiger partial charge in [-0.2, -0.15) is 0 Å². The molecule has 1 aromatic carbocycles. The van der Waals surface area contributed by atoms with E-state index in [1.165, 1.54) is 0 Å². The molecule has 0 saturated carbocycles. The van der Waals surface area contributed by atoms with E-state index in [1.807, 2.05) is 43.3 Å². The molecule has 1 heterocycles. The van der Waals surface area contributed by atoms with Crippen LogP contribution in [0.2, 0.25) is 0 Å². The van der Waals surface area contributed by atoms with Crippen molar-refractivity contribution in [2.24, 2.45) is 5.73 Å². The molecule has 0 aliphatic carbocycles. The lowest BCUT2D eigenvalue weighted by atomic mass is 10.1. The minimum Gasteiger partial charge on any atom is -0.385 e. The maximum atomic E-state index is 11.5. The molecule has 0 aliphatic heterocycles. The lowest BCUT2D eigenvalue weighted by Crippen LogP contribution is -2.13. The third kappa shape index (κ3) is 2.91. The molecule has 20 heavy (non-hydrogen) atoms. The van der Waals surface area contributed by atoms with E-state index in [0.29, 0.717) is 12.2 Å². The van der Waals surface area contributed by atoms with Crippen molar-refractivity contribution < 1.29 is 9.53 Å². The molecule has 0 fully saturated rings. The molecule has 0 unspecified atom stereocenters. The SMILES string of the molecule is COCCCn1c(-c2ccccc2)cc(C(N)=O)c1C. The van der Waals surface area contributed by atoms with Gasteiger partial charge in [-0.15, -0.1) is 0 Å². The number of aromatic nitrogens is 1. The van der Waals surface area contributed by atoms with Gasteiger partial charge in [-0.3, -0.25) is 4.79 Å². The number of methoxy groups -OCH3 is 1. The molecule has 2 N–H and O–H groups in total. The Bertz CT molecular complexity index is 588. The standard InChI is InChI=1S/C16H20N2O2/c1-12-14(16(17)19)11-15(13-7-4-3-5-8-13)18(12)9-6-10-20-2/h3-5,7-8,11H,6,9-10H2,1-2H3,(H2,17,19). The Kier molecular flexibility index (Phi) is 4.58. The number of nitrogens with two attached hydrogens (primary N) is 1. The number of rotatable bonds is 6. The van der Waals surface area contributed by atoms with Gasteiger partial charge in [-0.25, -0.2) is 0 Å². The fourth-order valence-corrected chi connectivity index (χ4v) is 2.40. The number of primary amides is 1. The number of carbonyl (C=O) groups is 1. The molecule has 106 valence electrons. The zero-order valence-electron chi connectivity index (χ0n) is 11.9. The van der Waals surface area contributed by atoms with E-state index in [4.69, 9.17) is 10.5 Å². The van der Waals surface area contributed by atoms with Crippen molar-refractivity contribution in [2.75, 3.05) is 13.7 Å². The van der Waals surface area contributed by atoms with Crippen LogP contribution in [0, 0.1) is 6.92 Å². The molecule has 4 heteroatoms. The fraction of sp³-hybridized carbons (Fsp3) is 0.312.